The van der Waals surface area contributed by atoms with Crippen LogP contribution in [0.4, 0.5) is 0 Å². The highest BCUT2D eigenvalue weighted by Crippen LogP contribution is 2.10. The second-order valence-corrected chi connectivity index (χ2v) is 5.25. The molecule has 0 aliphatic carbocycles. The first-order valence-electron chi connectivity index (χ1n) is 7.79. The van der Waals surface area contributed by atoms with Crippen LogP contribution in [0.3, 0.4) is 0 Å². The zero-order valence-electron chi connectivity index (χ0n) is 13.0. The largest absolute Gasteiger partial charge is 0.274 e. The third kappa shape index (κ3) is 6.63. The Balaban J connectivity index is 2.19. The van der Waals surface area contributed by atoms with Crippen LogP contribution < -0.4 is 5.84 Å². The molecule has 2 N–H and O–H groups in total. The molecular weight excluding hydrogens is 278 g/mol. The van der Waals surface area contributed by atoms with Crippen molar-refractivity contribution >= 4 is 11.8 Å². The van der Waals surface area contributed by atoms with Gasteiger partial charge in [0.25, 0.3) is 5.91 Å². The van der Waals surface area contributed by atoms with Crippen LogP contribution in [-0.2, 0) is 4.79 Å². The number of carbonyl (C=O) groups excluding carboxylic acids is 2. The van der Waals surface area contributed by atoms with Gasteiger partial charge in [-0.2, -0.15) is 0 Å². The van der Waals surface area contributed by atoms with E-state index in [1.807, 2.05) is 6.08 Å². The van der Waals surface area contributed by atoms with Gasteiger partial charge in [0.2, 0.25) is 5.91 Å². The van der Waals surface area contributed by atoms with Crippen molar-refractivity contribution < 1.29 is 9.59 Å². The highest BCUT2D eigenvalue weighted by molar-refractivity contribution is 6.03. The maximum atomic E-state index is 12.0. The second-order valence-electron chi connectivity index (χ2n) is 5.25. The molecule has 0 saturated heterocycles. The van der Waals surface area contributed by atoms with E-state index in [1.165, 1.54) is 31.7 Å². The van der Waals surface area contributed by atoms with Gasteiger partial charge in [0.15, 0.2) is 0 Å². The van der Waals surface area contributed by atoms with Gasteiger partial charge in [-0.1, -0.05) is 31.8 Å². The first-order valence-corrected chi connectivity index (χ1v) is 7.79. The molecule has 0 saturated carbocycles. The fraction of sp³-hybridized carbons (Fsp3) is 0.471. The van der Waals surface area contributed by atoms with Crippen LogP contribution in [0.15, 0.2) is 37.2 Å². The molecule has 0 unspecified atom stereocenters. The molecule has 0 aromatic carbocycles. The van der Waals surface area contributed by atoms with E-state index >= 15 is 0 Å². The molecule has 0 aliphatic rings. The molecule has 1 heterocycles. The third-order valence-corrected chi connectivity index (χ3v) is 3.46. The number of hydrazine groups is 1. The van der Waals surface area contributed by atoms with Gasteiger partial charge in [-0.3, -0.25) is 14.6 Å². The van der Waals surface area contributed by atoms with Crippen LogP contribution >= 0.6 is 0 Å². The molecule has 0 atom stereocenters. The molecule has 0 fully saturated rings. The Kier molecular flexibility index (Phi) is 8.76. The first kappa shape index (κ1) is 18.0. The van der Waals surface area contributed by atoms with Crippen LogP contribution in [0.1, 0.15) is 61.7 Å². The van der Waals surface area contributed by atoms with Crippen molar-refractivity contribution in [2.45, 2.75) is 51.4 Å². The van der Waals surface area contributed by atoms with Gasteiger partial charge >= 0.3 is 0 Å². The Morgan fingerprint density at radius 3 is 2.32 bits per heavy atom. The predicted molar refractivity (Wildman–Crippen MR) is 86.7 cm³/mol. The van der Waals surface area contributed by atoms with Crippen LogP contribution in [0.5, 0.6) is 0 Å². The summed E-state index contributed by atoms with van der Waals surface area (Å²) in [5.74, 6) is 4.76. The lowest BCUT2D eigenvalue weighted by Crippen LogP contribution is -2.42. The molecule has 2 amide bonds. The number of allylic oxidation sites excluding steroid dienone is 1. The van der Waals surface area contributed by atoms with E-state index in [4.69, 9.17) is 5.84 Å². The van der Waals surface area contributed by atoms with E-state index in [0.29, 0.717) is 17.0 Å². The van der Waals surface area contributed by atoms with Crippen LogP contribution in [0, 0.1) is 0 Å². The summed E-state index contributed by atoms with van der Waals surface area (Å²) in [6.07, 6.45) is 12.7. The topological polar surface area (TPSA) is 76.3 Å². The molecule has 120 valence electrons. The minimum atomic E-state index is -0.489. The second kappa shape index (κ2) is 10.7. The van der Waals surface area contributed by atoms with Gasteiger partial charge in [-0.15, -0.1) is 6.58 Å². The molecular formula is C17H25N3O2. The fourth-order valence-corrected chi connectivity index (χ4v) is 2.14. The average Bonchev–Trinajstić information content (AvgIpc) is 2.56. The maximum Gasteiger partial charge on any atom is 0.274 e. The lowest BCUT2D eigenvalue weighted by molar-refractivity contribution is -0.129. The van der Waals surface area contributed by atoms with Crippen molar-refractivity contribution in [1.82, 2.24) is 9.99 Å². The van der Waals surface area contributed by atoms with Crippen LogP contribution in [-0.4, -0.2) is 21.8 Å². The van der Waals surface area contributed by atoms with Gasteiger partial charge in [0, 0.05) is 24.4 Å². The minimum absolute atomic E-state index is 0.306. The number of carbonyl (C=O) groups is 2. The average molecular weight is 303 g/mol. The van der Waals surface area contributed by atoms with Crippen molar-refractivity contribution in [2.24, 2.45) is 5.84 Å². The number of hydrogen-bond donors (Lipinski definition) is 1. The van der Waals surface area contributed by atoms with E-state index in [-0.39, 0.29) is 5.91 Å². The summed E-state index contributed by atoms with van der Waals surface area (Å²) >= 11 is 0. The summed E-state index contributed by atoms with van der Waals surface area (Å²) in [5, 5.41) is 0.708. The molecule has 0 bridgehead atoms. The molecule has 0 radical (unpaired) electrons. The van der Waals surface area contributed by atoms with E-state index in [9.17, 15) is 9.59 Å². The lowest BCUT2D eigenvalue weighted by atomic mass is 10.1. The van der Waals surface area contributed by atoms with E-state index in [2.05, 4.69) is 11.6 Å². The number of pyridine rings is 1. The number of nitrogens with two attached hydrogens (primary N) is 1. The molecule has 5 heteroatoms. The highest BCUT2D eigenvalue weighted by atomic mass is 16.2. The molecule has 1 aromatic rings. The molecule has 5 nitrogen and oxygen atoms in total. The number of nitrogens with zero attached hydrogens (tertiary/aromatic N) is 2. The summed E-state index contributed by atoms with van der Waals surface area (Å²) in [6.45, 7) is 3.69. The monoisotopic (exact) mass is 303 g/mol. The zero-order valence-corrected chi connectivity index (χ0v) is 13.0. The predicted octanol–water partition coefficient (Wildman–Crippen LogP) is 3.23. The third-order valence-electron chi connectivity index (χ3n) is 3.46. The number of aromatic nitrogens is 1. The Morgan fingerprint density at radius 2 is 1.68 bits per heavy atom. The summed E-state index contributed by atoms with van der Waals surface area (Å²) in [7, 11) is 0. The molecule has 1 aromatic heterocycles. The summed E-state index contributed by atoms with van der Waals surface area (Å²) < 4.78 is 0. The normalized spacial score (nSPS) is 10.2. The first-order chi connectivity index (χ1) is 10.7. The fourth-order valence-electron chi connectivity index (χ4n) is 2.14. The van der Waals surface area contributed by atoms with Crippen molar-refractivity contribution in [2.75, 3.05) is 0 Å². The smallest absolute Gasteiger partial charge is 0.273 e. The molecule has 1 rings (SSSR count). The van der Waals surface area contributed by atoms with Gasteiger partial charge in [0.05, 0.1) is 0 Å². The quantitative estimate of drug-likeness (QED) is 0.237. The summed E-state index contributed by atoms with van der Waals surface area (Å²) in [5.41, 5.74) is 0.369. The maximum absolute atomic E-state index is 12.0. The Morgan fingerprint density at radius 1 is 1.09 bits per heavy atom. The van der Waals surface area contributed by atoms with Crippen molar-refractivity contribution in [3.63, 3.8) is 0 Å². The zero-order chi connectivity index (χ0) is 16.2. The van der Waals surface area contributed by atoms with Gasteiger partial charge in [0.1, 0.15) is 0 Å². The van der Waals surface area contributed by atoms with Crippen molar-refractivity contribution in [3.8, 4) is 0 Å². The van der Waals surface area contributed by atoms with Crippen molar-refractivity contribution in [1.29, 1.82) is 0 Å². The van der Waals surface area contributed by atoms with E-state index < -0.39 is 5.91 Å². The number of unbranched alkanes of at least 4 members (excludes halogenated alkanes) is 6. The van der Waals surface area contributed by atoms with E-state index in [1.54, 1.807) is 12.1 Å². The van der Waals surface area contributed by atoms with Gasteiger partial charge in [-0.25, -0.2) is 10.9 Å². The lowest BCUT2D eigenvalue weighted by Gasteiger charge is -2.14. The Labute approximate surface area is 132 Å². The number of amides is 2. The van der Waals surface area contributed by atoms with Crippen molar-refractivity contribution in [3.05, 3.63) is 42.7 Å². The SMILES string of the molecule is C=CCCCCCCCCC(=O)N(N)C(=O)c1ccncc1. The number of rotatable bonds is 10. The number of hydrogen-bond acceptors (Lipinski definition) is 4. The van der Waals surface area contributed by atoms with Gasteiger partial charge < -0.3 is 0 Å². The van der Waals surface area contributed by atoms with Crippen LogP contribution in [0.25, 0.3) is 0 Å². The molecule has 0 spiro atoms. The minimum Gasteiger partial charge on any atom is -0.273 e. The Hall–Kier alpha value is -2.01. The molecule has 22 heavy (non-hydrogen) atoms. The summed E-state index contributed by atoms with van der Waals surface area (Å²) in [6, 6.07) is 3.08. The summed E-state index contributed by atoms with van der Waals surface area (Å²) in [4.78, 5) is 27.7. The number of imide groups is 1. The standard InChI is InChI=1S/C17H25N3O2/c1-2-3-4-5-6-7-8-9-10-16(21)20(18)17(22)15-11-13-19-14-12-15/h2,11-14H,1,3-10,18H2. The van der Waals surface area contributed by atoms with Gasteiger partial charge in [-0.05, 0) is 31.4 Å². The Bertz CT molecular complexity index is 474. The van der Waals surface area contributed by atoms with E-state index in [0.717, 1.165) is 25.7 Å². The van der Waals surface area contributed by atoms with Crippen LogP contribution in [0.2, 0.25) is 0 Å². The highest BCUT2D eigenvalue weighted by Gasteiger charge is 2.18. The molecule has 0 aliphatic heterocycles.